The Balaban J connectivity index is 0.000000208. The van der Waals surface area contributed by atoms with Crippen molar-refractivity contribution >= 4 is 53.6 Å². The number of carboxylic acids is 1. The SMILES string of the molecule is Cc1ccc(S(=O)(=O)[O-])cc1.Cc1sc2ccc(Br)cc2[n+]1CCC(=O)O. The van der Waals surface area contributed by atoms with Crippen LogP contribution >= 0.6 is 27.3 Å². The quantitative estimate of drug-likeness (QED) is 0.462. The number of carbonyl (C=O) groups is 1. The summed E-state index contributed by atoms with van der Waals surface area (Å²) in [5.74, 6) is -0.763. The van der Waals surface area contributed by atoms with E-state index in [0.717, 1.165) is 20.6 Å². The Kier molecular flexibility index (Phi) is 7.10. The zero-order chi connectivity index (χ0) is 20.2. The summed E-state index contributed by atoms with van der Waals surface area (Å²) in [6.07, 6.45) is 0.157. The van der Waals surface area contributed by atoms with E-state index in [9.17, 15) is 17.8 Å². The van der Waals surface area contributed by atoms with Crippen LogP contribution in [0, 0.1) is 13.8 Å². The number of nitrogens with zero attached hydrogens (tertiary/aromatic N) is 1. The van der Waals surface area contributed by atoms with E-state index in [1.54, 1.807) is 23.5 Å². The van der Waals surface area contributed by atoms with Gasteiger partial charge in [0.1, 0.15) is 21.2 Å². The molecule has 144 valence electrons. The van der Waals surface area contributed by atoms with Crippen LogP contribution in [-0.2, 0) is 21.5 Å². The number of fused-ring (bicyclic) bond motifs is 1. The zero-order valence-electron chi connectivity index (χ0n) is 14.7. The molecule has 0 spiro atoms. The monoisotopic (exact) mass is 471 g/mol. The summed E-state index contributed by atoms with van der Waals surface area (Å²) in [6, 6.07) is 11.9. The van der Waals surface area contributed by atoms with Crippen LogP contribution in [0.5, 0.6) is 0 Å². The van der Waals surface area contributed by atoms with Crippen LogP contribution in [0.2, 0.25) is 0 Å². The van der Waals surface area contributed by atoms with E-state index in [1.165, 1.54) is 16.8 Å². The minimum absolute atomic E-state index is 0.157. The third-order valence-electron chi connectivity index (χ3n) is 3.71. The Hall–Kier alpha value is -1.81. The van der Waals surface area contributed by atoms with E-state index in [4.69, 9.17) is 5.11 Å². The number of hydrogen-bond donors (Lipinski definition) is 1. The van der Waals surface area contributed by atoms with Crippen LogP contribution in [0.25, 0.3) is 10.2 Å². The standard InChI is InChI=1S/C11H10BrNO2S.C7H8O3S/c1-7-13(5-4-11(14)15)9-6-8(12)2-3-10(9)16-7;1-6-2-4-7(5-3-6)11(8,9)10/h2-3,6H,4-5H2,1H3;2-5H,1H3,(H,8,9,10). The highest BCUT2D eigenvalue weighted by Gasteiger charge is 2.18. The highest BCUT2D eigenvalue weighted by atomic mass is 79.9. The van der Waals surface area contributed by atoms with Crippen molar-refractivity contribution in [2.45, 2.75) is 31.7 Å². The predicted octanol–water partition coefficient (Wildman–Crippen LogP) is 3.63. The number of benzene rings is 2. The number of aryl methyl sites for hydroxylation is 3. The molecule has 0 bridgehead atoms. The molecule has 0 atom stereocenters. The molecule has 0 aliphatic heterocycles. The molecule has 0 unspecified atom stereocenters. The average Bonchev–Trinajstić information content (AvgIpc) is 2.87. The number of thiazole rings is 1. The van der Waals surface area contributed by atoms with Crippen LogP contribution < -0.4 is 4.57 Å². The normalized spacial score (nSPS) is 11.1. The lowest BCUT2D eigenvalue weighted by Gasteiger charge is -2.05. The molecule has 1 aromatic heterocycles. The number of aromatic nitrogens is 1. The Morgan fingerprint density at radius 1 is 1.19 bits per heavy atom. The minimum atomic E-state index is -4.27. The van der Waals surface area contributed by atoms with Gasteiger partial charge in [-0.1, -0.05) is 45.0 Å². The number of carboxylic acid groups (broad SMARTS) is 1. The van der Waals surface area contributed by atoms with Gasteiger partial charge in [-0.2, -0.15) is 4.57 Å². The molecule has 0 radical (unpaired) electrons. The number of aliphatic carboxylic acids is 1. The number of rotatable bonds is 4. The lowest BCUT2D eigenvalue weighted by molar-refractivity contribution is -0.671. The van der Waals surface area contributed by atoms with Gasteiger partial charge in [0.2, 0.25) is 10.5 Å². The molecule has 0 fully saturated rings. The van der Waals surface area contributed by atoms with Crippen molar-refractivity contribution in [1.29, 1.82) is 0 Å². The van der Waals surface area contributed by atoms with E-state index < -0.39 is 16.1 Å². The molecule has 0 aliphatic rings. The molecule has 9 heteroatoms. The van der Waals surface area contributed by atoms with Gasteiger partial charge in [0, 0.05) is 17.5 Å². The fourth-order valence-corrected chi connectivity index (χ4v) is 4.21. The molecular formula is C18H18BrNO5S2. The predicted molar refractivity (Wildman–Crippen MR) is 106 cm³/mol. The highest BCUT2D eigenvalue weighted by molar-refractivity contribution is 9.10. The van der Waals surface area contributed by atoms with E-state index in [2.05, 4.69) is 20.5 Å². The van der Waals surface area contributed by atoms with Crippen molar-refractivity contribution in [3.63, 3.8) is 0 Å². The number of hydrogen-bond acceptors (Lipinski definition) is 5. The minimum Gasteiger partial charge on any atom is -0.744 e. The third-order valence-corrected chi connectivity index (χ3v) is 6.13. The maximum absolute atomic E-state index is 10.6. The van der Waals surface area contributed by atoms with Crippen molar-refractivity contribution in [2.75, 3.05) is 0 Å². The maximum Gasteiger partial charge on any atom is 0.309 e. The van der Waals surface area contributed by atoms with Crippen LogP contribution in [0.15, 0.2) is 51.8 Å². The molecule has 3 rings (SSSR count). The summed E-state index contributed by atoms with van der Waals surface area (Å²) in [7, 11) is -4.27. The Morgan fingerprint density at radius 2 is 1.81 bits per heavy atom. The van der Waals surface area contributed by atoms with E-state index in [1.807, 2.05) is 32.0 Å². The van der Waals surface area contributed by atoms with Gasteiger partial charge in [-0.15, -0.1) is 0 Å². The summed E-state index contributed by atoms with van der Waals surface area (Å²) in [5, 5.41) is 9.84. The first-order chi connectivity index (χ1) is 12.6. The molecule has 1 heterocycles. The van der Waals surface area contributed by atoms with Crippen molar-refractivity contribution < 1.29 is 27.4 Å². The maximum atomic E-state index is 10.6. The average molecular weight is 472 g/mol. The molecule has 2 aromatic carbocycles. The fourth-order valence-electron chi connectivity index (χ4n) is 2.36. The largest absolute Gasteiger partial charge is 0.744 e. The molecule has 6 nitrogen and oxygen atoms in total. The lowest BCUT2D eigenvalue weighted by Crippen LogP contribution is -2.36. The highest BCUT2D eigenvalue weighted by Crippen LogP contribution is 2.23. The van der Waals surface area contributed by atoms with Crippen molar-refractivity contribution in [2.24, 2.45) is 0 Å². The second-order valence-electron chi connectivity index (χ2n) is 5.80. The van der Waals surface area contributed by atoms with E-state index >= 15 is 0 Å². The van der Waals surface area contributed by atoms with Gasteiger partial charge in [-0.25, -0.2) is 8.42 Å². The molecule has 0 saturated carbocycles. The second kappa shape index (κ2) is 8.92. The molecule has 0 amide bonds. The topological polar surface area (TPSA) is 98.4 Å². The summed E-state index contributed by atoms with van der Waals surface area (Å²) in [4.78, 5) is 10.4. The first kappa shape index (κ1) is 21.5. The number of halogens is 1. The summed E-state index contributed by atoms with van der Waals surface area (Å²) >= 11 is 5.12. The van der Waals surface area contributed by atoms with Crippen LogP contribution in [-0.4, -0.2) is 24.0 Å². The lowest BCUT2D eigenvalue weighted by atomic mass is 10.2. The van der Waals surface area contributed by atoms with Gasteiger partial charge >= 0.3 is 5.97 Å². The van der Waals surface area contributed by atoms with Gasteiger partial charge in [0.15, 0.2) is 6.54 Å². The third kappa shape index (κ3) is 6.10. The molecule has 1 N–H and O–H groups in total. The molecule has 3 aromatic rings. The van der Waals surface area contributed by atoms with Gasteiger partial charge in [-0.05, 0) is 31.2 Å². The fraction of sp³-hybridized carbons (Fsp3) is 0.222. The molecular weight excluding hydrogens is 454 g/mol. The molecule has 0 saturated heterocycles. The van der Waals surface area contributed by atoms with Crippen LogP contribution in [0.3, 0.4) is 0 Å². The van der Waals surface area contributed by atoms with Crippen LogP contribution in [0.1, 0.15) is 17.0 Å². The van der Waals surface area contributed by atoms with E-state index in [0.29, 0.717) is 6.54 Å². The Bertz CT molecular complexity index is 1060. The first-order valence-electron chi connectivity index (χ1n) is 7.91. The summed E-state index contributed by atoms with van der Waals surface area (Å²) in [6.45, 7) is 4.36. The Labute approximate surface area is 170 Å². The van der Waals surface area contributed by atoms with E-state index in [-0.39, 0.29) is 11.3 Å². The van der Waals surface area contributed by atoms with Gasteiger partial charge in [-0.3, -0.25) is 4.79 Å². The Morgan fingerprint density at radius 3 is 2.37 bits per heavy atom. The van der Waals surface area contributed by atoms with Crippen molar-refractivity contribution in [3.8, 4) is 0 Å². The van der Waals surface area contributed by atoms with Crippen molar-refractivity contribution in [1.82, 2.24) is 0 Å². The summed E-state index contributed by atoms with van der Waals surface area (Å²) in [5.41, 5.74) is 2.02. The smallest absolute Gasteiger partial charge is 0.309 e. The van der Waals surface area contributed by atoms with Crippen LogP contribution in [0.4, 0.5) is 0 Å². The second-order valence-corrected chi connectivity index (χ2v) is 9.33. The van der Waals surface area contributed by atoms with Gasteiger partial charge < -0.3 is 9.66 Å². The first-order valence-corrected chi connectivity index (χ1v) is 10.9. The zero-order valence-corrected chi connectivity index (χ0v) is 17.9. The summed E-state index contributed by atoms with van der Waals surface area (Å²) < 4.78 is 35.4. The van der Waals surface area contributed by atoms with Gasteiger partial charge in [0.05, 0.1) is 4.90 Å². The van der Waals surface area contributed by atoms with Gasteiger partial charge in [0.25, 0.3) is 0 Å². The van der Waals surface area contributed by atoms with Crippen molar-refractivity contribution in [3.05, 3.63) is 57.5 Å². The molecule has 0 aliphatic carbocycles. The molecule has 27 heavy (non-hydrogen) atoms.